The Hall–Kier alpha value is -1.86. The van der Waals surface area contributed by atoms with Crippen LogP contribution in [0.25, 0.3) is 0 Å². The van der Waals surface area contributed by atoms with Gasteiger partial charge in [-0.2, -0.15) is 0 Å². The first-order valence-corrected chi connectivity index (χ1v) is 6.93. The Kier molecular flexibility index (Phi) is 4.98. The zero-order valence-electron chi connectivity index (χ0n) is 11.5. The van der Waals surface area contributed by atoms with Gasteiger partial charge in [0.15, 0.2) is 0 Å². The Labute approximate surface area is 126 Å². The molecule has 2 N–H and O–H groups in total. The number of morpholine rings is 1. The highest BCUT2D eigenvalue weighted by Crippen LogP contribution is 2.23. The second-order valence-corrected chi connectivity index (χ2v) is 4.91. The normalized spacial score (nSPS) is 18.4. The molecule has 1 atom stereocenters. The number of pyridine rings is 1. The van der Waals surface area contributed by atoms with E-state index in [1.807, 2.05) is 6.92 Å². The second kappa shape index (κ2) is 6.73. The average Bonchev–Trinajstić information content (AvgIpc) is 2.47. The van der Waals surface area contributed by atoms with Gasteiger partial charge < -0.3 is 20.1 Å². The third-order valence-corrected chi connectivity index (χ3v) is 3.45. The summed E-state index contributed by atoms with van der Waals surface area (Å²) in [6, 6.07) is 0.844. The standard InChI is InChI=1S/C13H16ClN3O4/c1-2-15-12(18)10-7-21-4-3-17(10)11-5-8(13(19)20)9(14)6-16-11/h5-6,10H,2-4,7H2,1H3,(H,15,18)(H,19,20). The summed E-state index contributed by atoms with van der Waals surface area (Å²) in [4.78, 5) is 29.1. The van der Waals surface area contributed by atoms with Gasteiger partial charge >= 0.3 is 5.97 Å². The van der Waals surface area contributed by atoms with Gasteiger partial charge in [0.25, 0.3) is 0 Å². The molecule has 0 radical (unpaired) electrons. The molecule has 2 rings (SSSR count). The summed E-state index contributed by atoms with van der Waals surface area (Å²) >= 11 is 5.81. The zero-order valence-corrected chi connectivity index (χ0v) is 12.3. The number of halogens is 1. The molecule has 1 amide bonds. The van der Waals surface area contributed by atoms with Crippen LogP contribution < -0.4 is 10.2 Å². The summed E-state index contributed by atoms with van der Waals surface area (Å²) in [6.07, 6.45) is 1.28. The fourth-order valence-corrected chi connectivity index (χ4v) is 2.32. The van der Waals surface area contributed by atoms with Crippen LogP contribution in [0.3, 0.4) is 0 Å². The number of carbonyl (C=O) groups excluding carboxylic acids is 1. The van der Waals surface area contributed by atoms with E-state index >= 15 is 0 Å². The van der Waals surface area contributed by atoms with Gasteiger partial charge in [-0.05, 0) is 13.0 Å². The van der Waals surface area contributed by atoms with Crippen molar-refractivity contribution in [1.82, 2.24) is 10.3 Å². The lowest BCUT2D eigenvalue weighted by Crippen LogP contribution is -2.54. The third kappa shape index (κ3) is 3.43. The maximum atomic E-state index is 12.1. The lowest BCUT2D eigenvalue weighted by molar-refractivity contribution is -0.124. The van der Waals surface area contributed by atoms with Crippen LogP contribution in [0, 0.1) is 0 Å². The number of aromatic carboxylic acids is 1. The molecular weight excluding hydrogens is 298 g/mol. The van der Waals surface area contributed by atoms with Crippen molar-refractivity contribution in [2.24, 2.45) is 0 Å². The van der Waals surface area contributed by atoms with Gasteiger partial charge in [0.1, 0.15) is 11.9 Å². The predicted octanol–water partition coefficient (Wildman–Crippen LogP) is 0.774. The van der Waals surface area contributed by atoms with E-state index in [4.69, 9.17) is 21.4 Å². The van der Waals surface area contributed by atoms with Gasteiger partial charge in [-0.15, -0.1) is 0 Å². The largest absolute Gasteiger partial charge is 0.478 e. The number of nitrogens with zero attached hydrogens (tertiary/aromatic N) is 2. The van der Waals surface area contributed by atoms with Crippen molar-refractivity contribution in [2.75, 3.05) is 31.2 Å². The van der Waals surface area contributed by atoms with Crippen LogP contribution in [0.2, 0.25) is 5.02 Å². The molecule has 0 spiro atoms. The fourth-order valence-electron chi connectivity index (χ4n) is 2.14. The van der Waals surface area contributed by atoms with E-state index < -0.39 is 12.0 Å². The molecule has 0 bridgehead atoms. The fraction of sp³-hybridized carbons (Fsp3) is 0.462. The Morgan fingerprint density at radius 3 is 3.05 bits per heavy atom. The van der Waals surface area contributed by atoms with Crippen molar-refractivity contribution in [3.63, 3.8) is 0 Å². The van der Waals surface area contributed by atoms with Crippen LogP contribution >= 0.6 is 11.6 Å². The van der Waals surface area contributed by atoms with E-state index in [9.17, 15) is 9.59 Å². The number of likely N-dealkylation sites (N-methyl/N-ethyl adjacent to an activating group) is 1. The van der Waals surface area contributed by atoms with Gasteiger partial charge in [-0.25, -0.2) is 9.78 Å². The Morgan fingerprint density at radius 1 is 1.62 bits per heavy atom. The summed E-state index contributed by atoms with van der Waals surface area (Å²) < 4.78 is 5.33. The number of amides is 1. The second-order valence-electron chi connectivity index (χ2n) is 4.51. The predicted molar refractivity (Wildman–Crippen MR) is 76.8 cm³/mol. The number of ether oxygens (including phenoxy) is 1. The van der Waals surface area contributed by atoms with E-state index in [1.165, 1.54) is 12.3 Å². The van der Waals surface area contributed by atoms with Crippen molar-refractivity contribution in [1.29, 1.82) is 0 Å². The van der Waals surface area contributed by atoms with Crippen LogP contribution in [-0.2, 0) is 9.53 Å². The number of carboxylic acids is 1. The molecule has 1 unspecified atom stereocenters. The molecule has 1 fully saturated rings. The molecule has 0 aliphatic carbocycles. The van der Waals surface area contributed by atoms with Crippen molar-refractivity contribution in [2.45, 2.75) is 13.0 Å². The number of aromatic nitrogens is 1. The van der Waals surface area contributed by atoms with E-state index in [1.54, 1.807) is 4.90 Å². The number of anilines is 1. The van der Waals surface area contributed by atoms with Crippen molar-refractivity contribution >= 4 is 29.3 Å². The smallest absolute Gasteiger partial charge is 0.337 e. The van der Waals surface area contributed by atoms with Gasteiger partial charge in [-0.3, -0.25) is 4.79 Å². The molecule has 1 aromatic rings. The molecule has 1 aliphatic heterocycles. The Morgan fingerprint density at radius 2 is 2.38 bits per heavy atom. The first-order chi connectivity index (χ1) is 10.0. The molecule has 1 aromatic heterocycles. The van der Waals surface area contributed by atoms with Crippen LogP contribution in [0.15, 0.2) is 12.3 Å². The van der Waals surface area contributed by atoms with Crippen molar-refractivity contribution in [3.8, 4) is 0 Å². The van der Waals surface area contributed by atoms with E-state index in [0.29, 0.717) is 25.5 Å². The number of carboxylic acid groups (broad SMARTS) is 1. The molecule has 0 saturated carbocycles. The summed E-state index contributed by atoms with van der Waals surface area (Å²) in [5, 5.41) is 11.9. The average molecular weight is 314 g/mol. The topological polar surface area (TPSA) is 91.8 Å². The first-order valence-electron chi connectivity index (χ1n) is 6.55. The van der Waals surface area contributed by atoms with Crippen LogP contribution in [0.1, 0.15) is 17.3 Å². The van der Waals surface area contributed by atoms with Crippen molar-refractivity contribution in [3.05, 3.63) is 22.8 Å². The summed E-state index contributed by atoms with van der Waals surface area (Å²) in [7, 11) is 0. The minimum absolute atomic E-state index is 0.0391. The first kappa shape index (κ1) is 15.5. The molecule has 2 heterocycles. The van der Waals surface area contributed by atoms with Crippen LogP contribution in [0.4, 0.5) is 5.82 Å². The highest BCUT2D eigenvalue weighted by molar-refractivity contribution is 6.33. The van der Waals surface area contributed by atoms with E-state index in [-0.39, 0.29) is 23.1 Å². The molecule has 1 aliphatic rings. The quantitative estimate of drug-likeness (QED) is 0.853. The number of nitrogens with one attached hydrogen (secondary N) is 1. The monoisotopic (exact) mass is 313 g/mol. The molecule has 114 valence electrons. The van der Waals surface area contributed by atoms with Gasteiger partial charge in [-0.1, -0.05) is 11.6 Å². The van der Waals surface area contributed by atoms with Gasteiger partial charge in [0.05, 0.1) is 23.8 Å². The minimum atomic E-state index is -1.13. The highest BCUT2D eigenvalue weighted by Gasteiger charge is 2.30. The molecule has 0 aromatic carbocycles. The molecule has 21 heavy (non-hydrogen) atoms. The lowest BCUT2D eigenvalue weighted by atomic mass is 10.2. The Balaban J connectivity index is 2.31. The van der Waals surface area contributed by atoms with Crippen LogP contribution in [-0.4, -0.2) is 54.3 Å². The number of hydrogen-bond donors (Lipinski definition) is 2. The molecule has 1 saturated heterocycles. The number of carbonyl (C=O) groups is 2. The van der Waals surface area contributed by atoms with E-state index in [2.05, 4.69) is 10.3 Å². The minimum Gasteiger partial charge on any atom is -0.478 e. The summed E-state index contributed by atoms with van der Waals surface area (Å²) in [5.41, 5.74) is -0.0391. The molecule has 7 nitrogen and oxygen atoms in total. The number of hydrogen-bond acceptors (Lipinski definition) is 5. The van der Waals surface area contributed by atoms with Crippen LogP contribution in [0.5, 0.6) is 0 Å². The van der Waals surface area contributed by atoms with Gasteiger partial charge in [0.2, 0.25) is 5.91 Å². The summed E-state index contributed by atoms with van der Waals surface area (Å²) in [6.45, 7) is 3.48. The maximum Gasteiger partial charge on any atom is 0.337 e. The zero-order chi connectivity index (χ0) is 15.4. The van der Waals surface area contributed by atoms with E-state index in [0.717, 1.165) is 0 Å². The Bertz CT molecular complexity index is 552. The van der Waals surface area contributed by atoms with Crippen molar-refractivity contribution < 1.29 is 19.4 Å². The third-order valence-electron chi connectivity index (χ3n) is 3.15. The highest BCUT2D eigenvalue weighted by atomic mass is 35.5. The molecule has 8 heteroatoms. The SMILES string of the molecule is CCNC(=O)C1COCCN1c1cc(C(=O)O)c(Cl)cn1. The number of rotatable bonds is 4. The van der Waals surface area contributed by atoms with Gasteiger partial charge in [0, 0.05) is 19.3 Å². The lowest BCUT2D eigenvalue weighted by Gasteiger charge is -2.35. The maximum absolute atomic E-state index is 12.1. The summed E-state index contributed by atoms with van der Waals surface area (Å²) in [5.74, 6) is -0.909. The molecular formula is C13H16ClN3O4.